The van der Waals surface area contributed by atoms with Crippen molar-refractivity contribution in [3.05, 3.63) is 65.0 Å². The summed E-state index contributed by atoms with van der Waals surface area (Å²) in [5.74, 6) is -0.270. The first kappa shape index (κ1) is 31.6. The summed E-state index contributed by atoms with van der Waals surface area (Å²) in [6.07, 6.45) is -4.78. The van der Waals surface area contributed by atoms with Crippen molar-refractivity contribution < 1.29 is 32.2 Å². The lowest BCUT2D eigenvalue weighted by Gasteiger charge is -2.43. The molecular formula is C30H43F4NO3Si. The van der Waals surface area contributed by atoms with Gasteiger partial charge in [0.15, 0.2) is 5.82 Å². The third-order valence-electron chi connectivity index (χ3n) is 8.70. The normalized spacial score (nSPS) is 18.6. The van der Waals surface area contributed by atoms with Gasteiger partial charge in [0, 0.05) is 19.1 Å². The molecule has 2 aromatic rings. The van der Waals surface area contributed by atoms with E-state index in [4.69, 9.17) is 4.43 Å². The number of hydrogen-bond donors (Lipinski definition) is 2. The number of rotatable bonds is 9. The molecule has 9 heteroatoms. The van der Waals surface area contributed by atoms with E-state index in [1.807, 2.05) is 11.8 Å². The van der Waals surface area contributed by atoms with Crippen LogP contribution in [0.25, 0.3) is 0 Å². The van der Waals surface area contributed by atoms with Crippen LogP contribution in [0.1, 0.15) is 84.1 Å². The third-order valence-corrected chi connectivity index (χ3v) is 14.7. The van der Waals surface area contributed by atoms with Gasteiger partial charge in [0.25, 0.3) is 8.32 Å². The van der Waals surface area contributed by atoms with Crippen LogP contribution in [0.2, 0.25) is 16.6 Å². The molecule has 2 atom stereocenters. The zero-order chi connectivity index (χ0) is 29.3. The fourth-order valence-electron chi connectivity index (χ4n) is 6.37. The Kier molecular flexibility index (Phi) is 9.63. The molecule has 0 spiro atoms. The van der Waals surface area contributed by atoms with Crippen molar-refractivity contribution in [3.8, 4) is 5.75 Å². The molecule has 1 fully saturated rings. The first-order chi connectivity index (χ1) is 18.0. The molecule has 0 amide bonds. The van der Waals surface area contributed by atoms with Crippen molar-refractivity contribution in [1.29, 1.82) is 0 Å². The van der Waals surface area contributed by atoms with Crippen molar-refractivity contribution in [2.24, 2.45) is 0 Å². The number of aliphatic hydroxyl groups is 2. The van der Waals surface area contributed by atoms with E-state index in [1.165, 1.54) is 18.2 Å². The molecular weight excluding hydrogens is 526 g/mol. The van der Waals surface area contributed by atoms with E-state index >= 15 is 4.39 Å². The van der Waals surface area contributed by atoms with E-state index in [0.29, 0.717) is 53.7 Å². The van der Waals surface area contributed by atoms with Crippen molar-refractivity contribution in [2.45, 2.75) is 102 Å². The molecule has 0 saturated carbocycles. The SMILES string of the molecule is CC(C)[Si](Oc1ccc([C@@H](O)[C@@H](C)N2CCC(O)(c3ccc(C(F)(F)F)cc3)CC2)cc1F)(C(C)C)C(C)C. The molecule has 2 N–H and O–H groups in total. The van der Waals surface area contributed by atoms with Crippen LogP contribution in [0.4, 0.5) is 17.6 Å². The summed E-state index contributed by atoms with van der Waals surface area (Å²) in [6.45, 7) is 15.6. The fraction of sp³-hybridized carbons (Fsp3) is 0.600. The molecule has 0 aromatic heterocycles. The Morgan fingerprint density at radius 1 is 0.872 bits per heavy atom. The number of nitrogens with zero attached hydrogens (tertiary/aromatic N) is 1. The van der Waals surface area contributed by atoms with Gasteiger partial charge >= 0.3 is 6.18 Å². The van der Waals surface area contributed by atoms with Gasteiger partial charge in [-0.2, -0.15) is 13.2 Å². The molecule has 2 aromatic carbocycles. The van der Waals surface area contributed by atoms with Gasteiger partial charge < -0.3 is 14.6 Å². The van der Waals surface area contributed by atoms with Crippen molar-refractivity contribution in [2.75, 3.05) is 13.1 Å². The van der Waals surface area contributed by atoms with Crippen LogP contribution in [0.3, 0.4) is 0 Å². The van der Waals surface area contributed by atoms with E-state index < -0.39 is 37.6 Å². The minimum absolute atomic E-state index is 0.223. The second-order valence-corrected chi connectivity index (χ2v) is 17.3. The molecule has 1 heterocycles. The number of benzene rings is 2. The number of alkyl halides is 3. The predicted octanol–water partition coefficient (Wildman–Crippen LogP) is 7.80. The highest BCUT2D eigenvalue weighted by atomic mass is 28.4. The minimum atomic E-state index is -4.43. The van der Waals surface area contributed by atoms with E-state index in [9.17, 15) is 23.4 Å². The minimum Gasteiger partial charge on any atom is -0.541 e. The Morgan fingerprint density at radius 3 is 1.82 bits per heavy atom. The zero-order valence-corrected chi connectivity index (χ0v) is 25.0. The number of piperidine rings is 1. The monoisotopic (exact) mass is 569 g/mol. The Labute approximate surface area is 231 Å². The van der Waals surface area contributed by atoms with Crippen molar-refractivity contribution in [1.82, 2.24) is 4.90 Å². The molecule has 0 radical (unpaired) electrons. The van der Waals surface area contributed by atoms with Gasteiger partial charge in [0.2, 0.25) is 0 Å². The van der Waals surface area contributed by atoms with E-state index in [0.717, 1.165) is 12.1 Å². The number of aliphatic hydroxyl groups excluding tert-OH is 1. The van der Waals surface area contributed by atoms with Crippen LogP contribution >= 0.6 is 0 Å². The molecule has 3 rings (SSSR count). The highest BCUT2D eigenvalue weighted by Crippen LogP contribution is 2.44. The average Bonchev–Trinajstić information content (AvgIpc) is 2.86. The summed E-state index contributed by atoms with van der Waals surface area (Å²) >= 11 is 0. The van der Waals surface area contributed by atoms with Crippen LogP contribution in [0, 0.1) is 5.82 Å². The first-order valence-corrected chi connectivity index (χ1v) is 16.0. The summed E-state index contributed by atoms with van der Waals surface area (Å²) in [5, 5.41) is 22.2. The molecule has 0 bridgehead atoms. The van der Waals surface area contributed by atoms with E-state index in [2.05, 4.69) is 41.5 Å². The van der Waals surface area contributed by atoms with Crippen LogP contribution in [-0.2, 0) is 11.8 Å². The second-order valence-electron chi connectivity index (χ2n) is 11.9. The van der Waals surface area contributed by atoms with E-state index in [-0.39, 0.29) is 11.8 Å². The van der Waals surface area contributed by atoms with Crippen LogP contribution in [0.5, 0.6) is 5.75 Å². The van der Waals surface area contributed by atoms with Crippen LogP contribution in [-0.4, -0.2) is 42.6 Å². The van der Waals surface area contributed by atoms with Gasteiger partial charge in [-0.15, -0.1) is 0 Å². The number of halogens is 4. The van der Waals surface area contributed by atoms with Gasteiger partial charge in [-0.25, -0.2) is 4.39 Å². The highest BCUT2D eigenvalue weighted by molar-refractivity contribution is 6.78. The predicted molar refractivity (Wildman–Crippen MR) is 149 cm³/mol. The maximum atomic E-state index is 15.3. The molecule has 0 unspecified atom stereocenters. The summed E-state index contributed by atoms with van der Waals surface area (Å²) in [5.41, 5.74) is -0.215. The van der Waals surface area contributed by atoms with Crippen molar-refractivity contribution >= 4 is 8.32 Å². The summed E-state index contributed by atoms with van der Waals surface area (Å²) in [6, 6.07) is 8.96. The van der Waals surface area contributed by atoms with Gasteiger partial charge in [-0.1, -0.05) is 59.7 Å². The Hall–Kier alpha value is -1.94. The van der Waals surface area contributed by atoms with Gasteiger partial charge in [0.1, 0.15) is 5.75 Å². The molecule has 0 aliphatic carbocycles. The standard InChI is InChI=1S/C30H43F4NO3Si/c1-19(2)39(20(3)4,21(5)6)38-27-13-8-23(18-26(27)31)28(36)22(7)35-16-14-29(37,15-17-35)24-9-11-25(12-10-24)30(32,33)34/h8-13,18-22,28,36-37H,14-17H2,1-7H3/t22-,28+/m1/s1. The molecule has 1 aliphatic rings. The molecule has 4 nitrogen and oxygen atoms in total. The Bertz CT molecular complexity index is 1070. The fourth-order valence-corrected chi connectivity index (χ4v) is 11.6. The largest absolute Gasteiger partial charge is 0.541 e. The third kappa shape index (κ3) is 6.53. The summed E-state index contributed by atoms with van der Waals surface area (Å²) in [7, 11) is -2.34. The highest BCUT2D eigenvalue weighted by Gasteiger charge is 2.47. The lowest BCUT2D eigenvalue weighted by atomic mass is 9.83. The van der Waals surface area contributed by atoms with Gasteiger partial charge in [-0.05, 0) is 71.8 Å². The maximum Gasteiger partial charge on any atom is 0.416 e. The molecule has 218 valence electrons. The lowest BCUT2D eigenvalue weighted by Crippen LogP contribution is -2.50. The number of hydrogen-bond acceptors (Lipinski definition) is 4. The topological polar surface area (TPSA) is 52.9 Å². The smallest absolute Gasteiger partial charge is 0.416 e. The van der Waals surface area contributed by atoms with Crippen LogP contribution < -0.4 is 4.43 Å². The van der Waals surface area contributed by atoms with Crippen LogP contribution in [0.15, 0.2) is 42.5 Å². The number of likely N-dealkylation sites (tertiary alicyclic amines) is 1. The van der Waals surface area contributed by atoms with Crippen molar-refractivity contribution in [3.63, 3.8) is 0 Å². The van der Waals surface area contributed by atoms with Gasteiger partial charge in [0.05, 0.1) is 17.3 Å². The lowest BCUT2D eigenvalue weighted by molar-refractivity contribution is -0.137. The zero-order valence-electron chi connectivity index (χ0n) is 24.0. The molecule has 39 heavy (non-hydrogen) atoms. The second kappa shape index (κ2) is 11.9. The first-order valence-electron chi connectivity index (χ1n) is 13.8. The quantitative estimate of drug-likeness (QED) is 0.239. The summed E-state index contributed by atoms with van der Waals surface area (Å²) in [4.78, 5) is 2.01. The molecule has 1 saturated heterocycles. The van der Waals surface area contributed by atoms with Gasteiger partial charge in [-0.3, -0.25) is 4.90 Å². The Morgan fingerprint density at radius 2 is 1.38 bits per heavy atom. The average molecular weight is 570 g/mol. The maximum absolute atomic E-state index is 15.3. The Balaban J connectivity index is 1.70. The summed E-state index contributed by atoms with van der Waals surface area (Å²) < 4.78 is 60.5. The molecule has 1 aliphatic heterocycles. The van der Waals surface area contributed by atoms with E-state index in [1.54, 1.807) is 12.1 Å².